The van der Waals surface area contributed by atoms with Crippen molar-refractivity contribution in [2.75, 3.05) is 33.3 Å². The molecule has 1 aliphatic rings. The van der Waals surface area contributed by atoms with Crippen molar-refractivity contribution in [3.8, 4) is 16.2 Å². The number of piperidine rings is 1. The second-order valence-corrected chi connectivity index (χ2v) is 8.08. The van der Waals surface area contributed by atoms with E-state index in [4.69, 9.17) is 10.5 Å². The summed E-state index contributed by atoms with van der Waals surface area (Å²) in [4.78, 5) is 27.8. The molecule has 2 heterocycles. The first-order valence-electron chi connectivity index (χ1n) is 9.61. The van der Waals surface area contributed by atoms with Crippen LogP contribution in [0, 0.1) is 5.92 Å². The minimum atomic E-state index is -0.211. The van der Waals surface area contributed by atoms with E-state index in [1.54, 1.807) is 7.11 Å². The number of methoxy groups -OCH3 is 1. The molecule has 1 fully saturated rings. The third-order valence-corrected chi connectivity index (χ3v) is 6.19. The standard InChI is InChI=1S/C21H27N3O3S/c1-27-17-13-18(15-7-3-2-4-8-15)28-19(17)21(26)23-10-6-12-24-11-5-9-16(14-24)20(22)25/h2-4,7-8,13,16H,5-6,9-12,14H2,1H3,(H2,22,25)(H,23,26)/t16-/m0/s1. The van der Waals surface area contributed by atoms with Gasteiger partial charge in [-0.05, 0) is 44.0 Å². The Morgan fingerprint density at radius 2 is 2.11 bits per heavy atom. The van der Waals surface area contributed by atoms with Gasteiger partial charge in [0.2, 0.25) is 5.91 Å². The number of amides is 2. The van der Waals surface area contributed by atoms with Crippen LogP contribution in [-0.2, 0) is 4.79 Å². The van der Waals surface area contributed by atoms with Gasteiger partial charge in [-0.15, -0.1) is 11.3 Å². The van der Waals surface area contributed by atoms with E-state index >= 15 is 0 Å². The van der Waals surface area contributed by atoms with Gasteiger partial charge in [-0.25, -0.2) is 0 Å². The van der Waals surface area contributed by atoms with E-state index < -0.39 is 0 Å². The summed E-state index contributed by atoms with van der Waals surface area (Å²) in [5.41, 5.74) is 6.49. The van der Waals surface area contributed by atoms with Crippen molar-refractivity contribution in [2.24, 2.45) is 11.7 Å². The van der Waals surface area contributed by atoms with Crippen molar-refractivity contribution in [3.05, 3.63) is 41.3 Å². The number of hydrogen-bond acceptors (Lipinski definition) is 5. The van der Waals surface area contributed by atoms with E-state index in [1.807, 2.05) is 36.4 Å². The average molecular weight is 402 g/mol. The van der Waals surface area contributed by atoms with Crippen LogP contribution in [-0.4, -0.2) is 50.0 Å². The SMILES string of the molecule is COc1cc(-c2ccccc2)sc1C(=O)NCCCN1CCC[C@H](C(N)=O)C1. The van der Waals surface area contributed by atoms with Crippen molar-refractivity contribution in [2.45, 2.75) is 19.3 Å². The summed E-state index contributed by atoms with van der Waals surface area (Å²) in [6, 6.07) is 11.9. The molecule has 0 aliphatic carbocycles. The van der Waals surface area contributed by atoms with Gasteiger partial charge >= 0.3 is 0 Å². The third-order valence-electron chi connectivity index (χ3n) is 5.03. The molecule has 0 radical (unpaired) electrons. The summed E-state index contributed by atoms with van der Waals surface area (Å²) in [5, 5.41) is 2.99. The Morgan fingerprint density at radius 1 is 1.32 bits per heavy atom. The normalized spacial score (nSPS) is 17.2. The molecule has 150 valence electrons. The number of nitrogens with two attached hydrogens (primary N) is 1. The average Bonchev–Trinajstić information content (AvgIpc) is 3.16. The van der Waals surface area contributed by atoms with Crippen LogP contribution in [0.4, 0.5) is 0 Å². The van der Waals surface area contributed by atoms with Crippen LogP contribution in [0.3, 0.4) is 0 Å². The number of hydrogen-bond donors (Lipinski definition) is 2. The van der Waals surface area contributed by atoms with E-state index in [0.29, 0.717) is 17.2 Å². The van der Waals surface area contributed by atoms with Crippen molar-refractivity contribution < 1.29 is 14.3 Å². The number of carbonyl (C=O) groups excluding carboxylic acids is 2. The molecule has 1 aliphatic heterocycles. The van der Waals surface area contributed by atoms with Gasteiger partial charge in [-0.1, -0.05) is 30.3 Å². The molecular weight excluding hydrogens is 374 g/mol. The molecule has 0 unspecified atom stereocenters. The van der Waals surface area contributed by atoms with Crippen molar-refractivity contribution in [1.29, 1.82) is 0 Å². The second kappa shape index (κ2) is 9.71. The highest BCUT2D eigenvalue weighted by atomic mass is 32.1. The first-order chi connectivity index (χ1) is 13.6. The van der Waals surface area contributed by atoms with Gasteiger partial charge < -0.3 is 20.7 Å². The number of ether oxygens (including phenoxy) is 1. The molecule has 1 aromatic heterocycles. The molecule has 2 amide bonds. The molecule has 7 heteroatoms. The lowest BCUT2D eigenvalue weighted by Gasteiger charge is -2.31. The highest BCUT2D eigenvalue weighted by molar-refractivity contribution is 7.17. The van der Waals surface area contributed by atoms with Crippen LogP contribution in [0.2, 0.25) is 0 Å². The lowest BCUT2D eigenvalue weighted by Crippen LogP contribution is -2.42. The fraction of sp³-hybridized carbons (Fsp3) is 0.429. The van der Waals surface area contributed by atoms with E-state index in [9.17, 15) is 9.59 Å². The highest BCUT2D eigenvalue weighted by Crippen LogP contribution is 2.36. The maximum absolute atomic E-state index is 12.6. The van der Waals surface area contributed by atoms with Crippen LogP contribution in [0.25, 0.3) is 10.4 Å². The Kier molecular flexibility index (Phi) is 7.06. The maximum Gasteiger partial charge on any atom is 0.265 e. The van der Waals surface area contributed by atoms with Crippen LogP contribution in [0.15, 0.2) is 36.4 Å². The summed E-state index contributed by atoms with van der Waals surface area (Å²) in [7, 11) is 1.58. The van der Waals surface area contributed by atoms with Gasteiger partial charge in [-0.2, -0.15) is 0 Å². The first-order valence-corrected chi connectivity index (χ1v) is 10.4. The lowest BCUT2D eigenvalue weighted by atomic mass is 9.97. The Balaban J connectivity index is 1.51. The molecule has 0 spiro atoms. The monoisotopic (exact) mass is 401 g/mol. The fourth-order valence-corrected chi connectivity index (χ4v) is 4.55. The molecule has 0 saturated carbocycles. The minimum absolute atomic E-state index is 0.0462. The number of thiophene rings is 1. The Hall–Kier alpha value is -2.38. The summed E-state index contributed by atoms with van der Waals surface area (Å²) in [6.45, 7) is 3.14. The molecule has 6 nitrogen and oxygen atoms in total. The molecule has 2 aromatic rings. The smallest absolute Gasteiger partial charge is 0.265 e. The van der Waals surface area contributed by atoms with E-state index in [1.165, 1.54) is 11.3 Å². The molecule has 1 saturated heterocycles. The van der Waals surface area contributed by atoms with E-state index in [2.05, 4.69) is 10.2 Å². The van der Waals surface area contributed by atoms with E-state index in [-0.39, 0.29) is 17.7 Å². The Labute approximate surface area is 169 Å². The number of primary amides is 1. The van der Waals surface area contributed by atoms with E-state index in [0.717, 1.165) is 49.3 Å². The second-order valence-electron chi connectivity index (χ2n) is 7.03. The van der Waals surface area contributed by atoms with Gasteiger partial charge in [0, 0.05) is 18.0 Å². The Morgan fingerprint density at radius 3 is 2.82 bits per heavy atom. The van der Waals surface area contributed by atoms with Crippen LogP contribution < -0.4 is 15.8 Å². The molecule has 3 N–H and O–H groups in total. The zero-order valence-electron chi connectivity index (χ0n) is 16.1. The van der Waals surface area contributed by atoms with Crippen LogP contribution in [0.1, 0.15) is 28.9 Å². The zero-order valence-corrected chi connectivity index (χ0v) is 17.0. The largest absolute Gasteiger partial charge is 0.495 e. The number of likely N-dealkylation sites (tertiary alicyclic amines) is 1. The fourth-order valence-electron chi connectivity index (χ4n) is 3.50. The summed E-state index contributed by atoms with van der Waals surface area (Å²) >= 11 is 1.44. The molecule has 1 atom stereocenters. The molecule has 28 heavy (non-hydrogen) atoms. The van der Waals surface area contributed by atoms with Crippen LogP contribution in [0.5, 0.6) is 5.75 Å². The number of nitrogens with one attached hydrogen (secondary N) is 1. The van der Waals surface area contributed by atoms with Gasteiger partial charge in [0.1, 0.15) is 10.6 Å². The molecular formula is C21H27N3O3S. The Bertz CT molecular complexity index is 806. The number of benzene rings is 1. The number of carbonyl (C=O) groups is 2. The van der Waals surface area contributed by atoms with Crippen molar-refractivity contribution >= 4 is 23.2 Å². The third kappa shape index (κ3) is 5.11. The summed E-state index contributed by atoms with van der Waals surface area (Å²) in [6.07, 6.45) is 2.70. The van der Waals surface area contributed by atoms with Gasteiger partial charge in [0.05, 0.1) is 13.0 Å². The number of nitrogens with zero attached hydrogens (tertiary/aromatic N) is 1. The quantitative estimate of drug-likeness (QED) is 0.666. The molecule has 0 bridgehead atoms. The summed E-state index contributed by atoms with van der Waals surface area (Å²) in [5.74, 6) is 0.228. The van der Waals surface area contributed by atoms with Gasteiger partial charge in [-0.3, -0.25) is 9.59 Å². The number of rotatable bonds is 8. The highest BCUT2D eigenvalue weighted by Gasteiger charge is 2.23. The predicted molar refractivity (Wildman–Crippen MR) is 112 cm³/mol. The topological polar surface area (TPSA) is 84.7 Å². The first kappa shape index (κ1) is 20.4. The molecule has 1 aromatic carbocycles. The maximum atomic E-state index is 12.6. The van der Waals surface area contributed by atoms with Crippen LogP contribution >= 0.6 is 11.3 Å². The zero-order chi connectivity index (χ0) is 19.9. The van der Waals surface area contributed by atoms with Gasteiger partial charge in [0.25, 0.3) is 5.91 Å². The van der Waals surface area contributed by atoms with Gasteiger partial charge in [0.15, 0.2) is 0 Å². The minimum Gasteiger partial charge on any atom is -0.495 e. The van der Waals surface area contributed by atoms with Crippen molar-refractivity contribution in [1.82, 2.24) is 10.2 Å². The predicted octanol–water partition coefficient (Wildman–Crippen LogP) is 2.74. The van der Waals surface area contributed by atoms with Crippen molar-refractivity contribution in [3.63, 3.8) is 0 Å². The summed E-state index contributed by atoms with van der Waals surface area (Å²) < 4.78 is 5.40. The molecule has 3 rings (SSSR count). The lowest BCUT2D eigenvalue weighted by molar-refractivity contribution is -0.123.